The van der Waals surface area contributed by atoms with Crippen molar-refractivity contribution in [1.29, 1.82) is 0 Å². The van der Waals surface area contributed by atoms with Gasteiger partial charge in [-0.25, -0.2) is 36.7 Å². The molecule has 2 aromatic heterocycles. The van der Waals surface area contributed by atoms with Gasteiger partial charge in [-0.05, 0) is 43.3 Å². The first-order valence-electron chi connectivity index (χ1n) is 12.5. The lowest BCUT2D eigenvalue weighted by molar-refractivity contribution is -0.0231. The van der Waals surface area contributed by atoms with Crippen LogP contribution in [-0.4, -0.2) is 68.4 Å². The van der Waals surface area contributed by atoms with E-state index >= 15 is 0 Å². The second-order valence-electron chi connectivity index (χ2n) is 9.42. The molecule has 0 saturated carbocycles. The SMILES string of the molecule is Cc1c(OCC(C)(F)F)ccnc1C[S@@](=O)c1nc2ccccc2n1C(=O)N(C)CCOC(=O)c1ccc(F)c(F)c1. The molecule has 0 aliphatic rings. The minimum absolute atomic E-state index is 0.0700. The highest BCUT2D eigenvalue weighted by Gasteiger charge is 2.26. The Labute approximate surface area is 240 Å². The van der Waals surface area contributed by atoms with Crippen LogP contribution in [0.3, 0.4) is 0 Å². The molecule has 0 aliphatic heterocycles. The number of para-hydroxylation sites is 2. The summed E-state index contributed by atoms with van der Waals surface area (Å²) in [5.41, 5.74) is 1.32. The van der Waals surface area contributed by atoms with E-state index < -0.39 is 47.0 Å². The van der Waals surface area contributed by atoms with Crippen molar-refractivity contribution in [3.8, 4) is 5.75 Å². The van der Waals surface area contributed by atoms with Gasteiger partial charge in [-0.2, -0.15) is 0 Å². The average molecular weight is 607 g/mol. The van der Waals surface area contributed by atoms with Gasteiger partial charge in [0, 0.05) is 25.7 Å². The predicted molar refractivity (Wildman–Crippen MR) is 145 cm³/mol. The van der Waals surface area contributed by atoms with Crippen LogP contribution in [0, 0.1) is 18.6 Å². The summed E-state index contributed by atoms with van der Waals surface area (Å²) in [7, 11) is -0.475. The summed E-state index contributed by atoms with van der Waals surface area (Å²) >= 11 is 0. The van der Waals surface area contributed by atoms with E-state index in [-0.39, 0.29) is 35.4 Å². The third-order valence-corrected chi connectivity index (χ3v) is 7.29. The highest BCUT2D eigenvalue weighted by molar-refractivity contribution is 7.84. The molecule has 0 spiro atoms. The van der Waals surface area contributed by atoms with Crippen LogP contribution in [-0.2, 0) is 21.3 Å². The largest absolute Gasteiger partial charge is 0.487 e. The maximum atomic E-state index is 13.6. The van der Waals surface area contributed by atoms with Crippen molar-refractivity contribution in [2.24, 2.45) is 0 Å². The Morgan fingerprint density at radius 3 is 2.55 bits per heavy atom. The zero-order valence-corrected chi connectivity index (χ0v) is 23.6. The molecule has 0 unspecified atom stereocenters. The van der Waals surface area contributed by atoms with Gasteiger partial charge in [-0.1, -0.05) is 12.1 Å². The molecule has 2 aromatic carbocycles. The minimum Gasteiger partial charge on any atom is -0.487 e. The molecule has 9 nitrogen and oxygen atoms in total. The van der Waals surface area contributed by atoms with Crippen molar-refractivity contribution in [3.63, 3.8) is 0 Å². The van der Waals surface area contributed by atoms with Gasteiger partial charge in [0.25, 0.3) is 5.92 Å². The van der Waals surface area contributed by atoms with E-state index in [1.54, 1.807) is 31.2 Å². The lowest BCUT2D eigenvalue weighted by atomic mass is 10.2. The minimum atomic E-state index is -3.05. The molecule has 14 heteroatoms. The van der Waals surface area contributed by atoms with Crippen LogP contribution in [0.1, 0.15) is 28.5 Å². The fraction of sp³-hybridized carbons (Fsp3) is 0.286. The van der Waals surface area contributed by atoms with E-state index in [4.69, 9.17) is 9.47 Å². The van der Waals surface area contributed by atoms with Gasteiger partial charge < -0.3 is 14.4 Å². The summed E-state index contributed by atoms with van der Waals surface area (Å²) in [5, 5.41) is -0.0700. The smallest absolute Gasteiger partial charge is 0.338 e. The Morgan fingerprint density at radius 2 is 1.83 bits per heavy atom. The number of nitrogens with zero attached hydrogens (tertiary/aromatic N) is 4. The van der Waals surface area contributed by atoms with E-state index in [9.17, 15) is 31.4 Å². The van der Waals surface area contributed by atoms with E-state index in [2.05, 4.69) is 9.97 Å². The van der Waals surface area contributed by atoms with Crippen molar-refractivity contribution in [3.05, 3.63) is 83.2 Å². The Morgan fingerprint density at radius 1 is 1.10 bits per heavy atom. The molecular formula is C28H26F4N4O5S. The van der Waals surface area contributed by atoms with Crippen LogP contribution in [0.2, 0.25) is 0 Å². The summed E-state index contributed by atoms with van der Waals surface area (Å²) in [6.07, 6.45) is 1.35. The Hall–Kier alpha value is -4.33. The van der Waals surface area contributed by atoms with E-state index in [1.807, 2.05) is 0 Å². The van der Waals surface area contributed by atoms with Crippen molar-refractivity contribution in [1.82, 2.24) is 19.4 Å². The summed E-state index contributed by atoms with van der Waals surface area (Å²) in [6, 6.07) is 10.1. The topological polar surface area (TPSA) is 104 Å². The van der Waals surface area contributed by atoms with Gasteiger partial charge in [0.2, 0.25) is 5.16 Å². The lowest BCUT2D eigenvalue weighted by Gasteiger charge is -2.19. The third-order valence-electron chi connectivity index (χ3n) is 6.07. The molecule has 0 bridgehead atoms. The first-order valence-corrected chi connectivity index (χ1v) is 13.9. The molecule has 1 atom stereocenters. The number of carbonyl (C=O) groups is 2. The van der Waals surface area contributed by atoms with Gasteiger partial charge >= 0.3 is 12.0 Å². The molecule has 42 heavy (non-hydrogen) atoms. The predicted octanol–water partition coefficient (Wildman–Crippen LogP) is 5.12. The van der Waals surface area contributed by atoms with Crippen LogP contribution in [0.5, 0.6) is 5.75 Å². The average Bonchev–Trinajstić information content (AvgIpc) is 3.33. The highest BCUT2D eigenvalue weighted by atomic mass is 32.2. The second kappa shape index (κ2) is 12.7. The van der Waals surface area contributed by atoms with Crippen molar-refractivity contribution < 1.29 is 40.8 Å². The molecule has 0 aliphatic carbocycles. The first kappa shape index (κ1) is 30.6. The van der Waals surface area contributed by atoms with E-state index in [0.29, 0.717) is 28.4 Å². The third kappa shape index (κ3) is 7.11. The Bertz CT molecular complexity index is 1660. The molecule has 1 amide bonds. The maximum absolute atomic E-state index is 13.6. The quantitative estimate of drug-likeness (QED) is 0.182. The van der Waals surface area contributed by atoms with Crippen molar-refractivity contribution >= 4 is 33.8 Å². The summed E-state index contributed by atoms with van der Waals surface area (Å²) in [5.74, 6) is -6.27. The standard InChI is InChI=1S/C28H26F4N4O5S/c1-17-22(33-11-10-24(17)41-16-28(2,31)32)15-42(39)26-34-21-6-4-5-7-23(21)36(26)27(38)35(3)12-13-40-25(37)18-8-9-19(29)20(30)14-18/h4-11,14H,12-13,15-16H2,1-3H3/t42-/m1/s1. The van der Waals surface area contributed by atoms with Crippen LogP contribution in [0.4, 0.5) is 22.4 Å². The van der Waals surface area contributed by atoms with Crippen LogP contribution in [0.15, 0.2) is 59.9 Å². The van der Waals surface area contributed by atoms with E-state index in [1.165, 1.54) is 28.8 Å². The van der Waals surface area contributed by atoms with Crippen LogP contribution >= 0.6 is 0 Å². The number of fused-ring (bicyclic) bond motifs is 1. The number of benzene rings is 2. The van der Waals surface area contributed by atoms with Crippen LogP contribution < -0.4 is 4.74 Å². The Kier molecular flexibility index (Phi) is 9.24. The number of imidazole rings is 1. The fourth-order valence-corrected chi connectivity index (χ4v) is 5.09. The molecule has 0 saturated heterocycles. The number of alkyl halides is 2. The number of hydrogen-bond acceptors (Lipinski definition) is 7. The van der Waals surface area contributed by atoms with Gasteiger partial charge in [0.15, 0.2) is 18.2 Å². The summed E-state index contributed by atoms with van der Waals surface area (Å²) in [6.45, 7) is 1.14. The number of amides is 1. The van der Waals surface area contributed by atoms with Gasteiger partial charge in [0.05, 0.1) is 45.4 Å². The highest BCUT2D eigenvalue weighted by Crippen LogP contribution is 2.26. The zero-order valence-electron chi connectivity index (χ0n) is 22.8. The maximum Gasteiger partial charge on any atom is 0.338 e. The molecule has 222 valence electrons. The zero-order chi connectivity index (χ0) is 30.6. The lowest BCUT2D eigenvalue weighted by Crippen LogP contribution is -2.35. The molecule has 0 N–H and O–H groups in total. The Balaban J connectivity index is 1.51. The van der Waals surface area contributed by atoms with E-state index in [0.717, 1.165) is 19.1 Å². The number of hydrogen-bond donors (Lipinski definition) is 0. The normalized spacial score (nSPS) is 12.3. The number of ether oxygens (including phenoxy) is 2. The molecule has 2 heterocycles. The molecule has 0 fully saturated rings. The number of halogens is 4. The number of esters is 1. The monoisotopic (exact) mass is 606 g/mol. The first-order chi connectivity index (χ1) is 19.9. The van der Waals surface area contributed by atoms with Gasteiger partial charge in [-0.3, -0.25) is 9.19 Å². The number of carbonyl (C=O) groups excluding carboxylic acids is 2. The number of pyridine rings is 1. The fourth-order valence-electron chi connectivity index (χ4n) is 3.84. The number of rotatable bonds is 10. The van der Waals surface area contributed by atoms with Gasteiger partial charge in [-0.15, -0.1) is 0 Å². The van der Waals surface area contributed by atoms with Crippen LogP contribution in [0.25, 0.3) is 11.0 Å². The van der Waals surface area contributed by atoms with Crippen molar-refractivity contribution in [2.75, 3.05) is 26.8 Å². The number of aromatic nitrogens is 3. The van der Waals surface area contributed by atoms with Crippen molar-refractivity contribution in [2.45, 2.75) is 30.7 Å². The summed E-state index contributed by atoms with van der Waals surface area (Å²) in [4.78, 5) is 35.5. The molecule has 4 rings (SSSR count). The second-order valence-corrected chi connectivity index (χ2v) is 10.8. The number of likely N-dealkylation sites (N-methyl/N-ethyl adjacent to an activating group) is 1. The molecule has 0 radical (unpaired) electrons. The van der Waals surface area contributed by atoms with Gasteiger partial charge in [0.1, 0.15) is 12.4 Å². The summed E-state index contributed by atoms with van der Waals surface area (Å²) < 4.78 is 78.2. The molecule has 4 aromatic rings. The molecular weight excluding hydrogens is 580 g/mol.